The van der Waals surface area contributed by atoms with E-state index in [1.54, 1.807) is 25.3 Å². The van der Waals surface area contributed by atoms with Crippen molar-refractivity contribution in [3.8, 4) is 17.1 Å². The maximum atomic E-state index is 13.0. The number of alkyl halides is 2. The van der Waals surface area contributed by atoms with Gasteiger partial charge >= 0.3 is 12.2 Å². The minimum atomic E-state index is -3.26. The fourth-order valence-electron chi connectivity index (χ4n) is 3.72. The van der Waals surface area contributed by atoms with Crippen LogP contribution in [-0.4, -0.2) is 58.8 Å². The van der Waals surface area contributed by atoms with Gasteiger partial charge in [-0.25, -0.2) is 9.78 Å². The number of ether oxygens (including phenoxy) is 2. The number of carbonyl (C=O) groups is 1. The van der Waals surface area contributed by atoms with Crippen LogP contribution >= 0.6 is 0 Å². The molecule has 1 amide bonds. The number of hydrogen-bond donors (Lipinski definition) is 2. The first-order valence-corrected chi connectivity index (χ1v) is 12.1. The minimum absolute atomic E-state index is 0.0364. The number of amides is 1. The van der Waals surface area contributed by atoms with Gasteiger partial charge in [0, 0.05) is 31.8 Å². The van der Waals surface area contributed by atoms with Gasteiger partial charge in [-0.15, -0.1) is 0 Å². The number of halogens is 2. The number of hydrogen-bond acceptors (Lipinski definition) is 9. The molecule has 3 heterocycles. The van der Waals surface area contributed by atoms with Crippen LogP contribution in [0.4, 0.5) is 19.4 Å². The fourth-order valence-corrected chi connectivity index (χ4v) is 3.72. The summed E-state index contributed by atoms with van der Waals surface area (Å²) in [6, 6.07) is 9.77. The molecule has 1 unspecified atom stereocenters. The summed E-state index contributed by atoms with van der Waals surface area (Å²) in [7, 11) is 0. The Morgan fingerprint density at radius 1 is 1.18 bits per heavy atom. The minimum Gasteiger partial charge on any atom is -0.450 e. The van der Waals surface area contributed by atoms with Gasteiger partial charge in [0.1, 0.15) is 17.3 Å². The summed E-state index contributed by atoms with van der Waals surface area (Å²) in [5, 5.41) is 9.82. The topological polar surface area (TPSA) is 124 Å². The first kappa shape index (κ1) is 26.7. The molecule has 1 aliphatic heterocycles. The summed E-state index contributed by atoms with van der Waals surface area (Å²) in [6.45, 7) is 5.64. The molecule has 200 valence electrons. The summed E-state index contributed by atoms with van der Waals surface area (Å²) in [4.78, 5) is 24.9. The summed E-state index contributed by atoms with van der Waals surface area (Å²) >= 11 is 0. The number of anilines is 1. The average Bonchev–Trinajstić information content (AvgIpc) is 3.49. The van der Waals surface area contributed by atoms with Crippen molar-refractivity contribution < 1.29 is 27.6 Å². The molecule has 1 aliphatic rings. The summed E-state index contributed by atoms with van der Waals surface area (Å²) in [6.07, 6.45) is 0.558. The zero-order valence-electron chi connectivity index (χ0n) is 21.2. The molecule has 1 aromatic carbocycles. The maximum Gasteiger partial charge on any atom is 0.407 e. The van der Waals surface area contributed by atoms with Crippen molar-refractivity contribution in [2.24, 2.45) is 4.99 Å². The molecule has 0 bridgehead atoms. The van der Waals surface area contributed by atoms with E-state index in [0.717, 1.165) is 11.1 Å². The van der Waals surface area contributed by atoms with E-state index in [-0.39, 0.29) is 17.7 Å². The molecule has 0 spiro atoms. The molecule has 1 atom stereocenters. The van der Waals surface area contributed by atoms with Gasteiger partial charge in [0.15, 0.2) is 0 Å². The number of nitrogens with one attached hydrogen (secondary N) is 2. The van der Waals surface area contributed by atoms with Crippen LogP contribution in [0.3, 0.4) is 0 Å². The Bertz CT molecular complexity index is 1320. The second-order valence-electron chi connectivity index (χ2n) is 8.60. The number of allylic oxidation sites excluding steroid dienone is 1. The molecule has 12 heteroatoms. The second kappa shape index (κ2) is 11.8. The van der Waals surface area contributed by atoms with Crippen molar-refractivity contribution in [3.05, 3.63) is 65.7 Å². The van der Waals surface area contributed by atoms with Gasteiger partial charge < -0.3 is 24.6 Å². The number of alkyl carbamates (subject to hydrolysis) is 1. The quantitative estimate of drug-likeness (QED) is 0.346. The third kappa shape index (κ3) is 7.34. The Balaban J connectivity index is 1.36. The van der Waals surface area contributed by atoms with Gasteiger partial charge in [-0.1, -0.05) is 5.16 Å². The van der Waals surface area contributed by atoms with Crippen molar-refractivity contribution in [2.75, 3.05) is 25.0 Å². The highest BCUT2D eigenvalue weighted by Crippen LogP contribution is 2.26. The highest BCUT2D eigenvalue weighted by molar-refractivity contribution is 6.07. The predicted molar refractivity (Wildman–Crippen MR) is 137 cm³/mol. The summed E-state index contributed by atoms with van der Waals surface area (Å²) in [5.74, 6) is 1.31. The first-order valence-electron chi connectivity index (χ1n) is 12.1. The van der Waals surface area contributed by atoms with Crippen LogP contribution in [0, 0.1) is 0 Å². The zero-order chi connectivity index (χ0) is 27.1. The van der Waals surface area contributed by atoms with Crippen LogP contribution in [0.1, 0.15) is 32.2 Å². The molecule has 10 nitrogen and oxygen atoms in total. The molecule has 0 fully saturated rings. The van der Waals surface area contributed by atoms with Crippen LogP contribution in [0.5, 0.6) is 5.75 Å². The Labute approximate surface area is 218 Å². The van der Waals surface area contributed by atoms with Gasteiger partial charge in [0.2, 0.25) is 5.82 Å². The predicted octanol–water partition coefficient (Wildman–Crippen LogP) is 4.64. The second-order valence-corrected chi connectivity index (χ2v) is 8.60. The zero-order valence-corrected chi connectivity index (χ0v) is 21.2. The van der Waals surface area contributed by atoms with Crippen molar-refractivity contribution in [3.63, 3.8) is 0 Å². The van der Waals surface area contributed by atoms with Crippen molar-refractivity contribution in [1.29, 1.82) is 0 Å². The van der Waals surface area contributed by atoms with Crippen LogP contribution in [-0.2, 0) is 11.2 Å². The molecule has 0 aliphatic carbocycles. The molecule has 0 saturated carbocycles. The third-order valence-corrected chi connectivity index (χ3v) is 5.47. The van der Waals surface area contributed by atoms with Crippen molar-refractivity contribution in [2.45, 2.75) is 39.3 Å². The van der Waals surface area contributed by atoms with Gasteiger partial charge in [-0.2, -0.15) is 13.8 Å². The molecule has 0 radical (unpaired) electrons. The number of nitrogens with zero attached hydrogens (tertiary/aromatic N) is 4. The maximum absolute atomic E-state index is 13.0. The van der Waals surface area contributed by atoms with E-state index >= 15 is 0 Å². The number of aliphatic imine (C=N–C) groups is 1. The Morgan fingerprint density at radius 2 is 1.97 bits per heavy atom. The van der Waals surface area contributed by atoms with Gasteiger partial charge in [-0.05, 0) is 73.9 Å². The Kier molecular flexibility index (Phi) is 8.29. The van der Waals surface area contributed by atoms with E-state index in [4.69, 9.17) is 14.3 Å². The summed E-state index contributed by atoms with van der Waals surface area (Å²) in [5.41, 5.74) is 3.26. The SMILES string of the molecule is CCOC(=O)NCCNc1cc(CC2N=C(c3nc(-c4ccc(OC(C)(F)F)cc4)no3)C=C2C)ccn1. The lowest BCUT2D eigenvalue weighted by molar-refractivity contribution is -0.158. The lowest BCUT2D eigenvalue weighted by atomic mass is 10.0. The highest BCUT2D eigenvalue weighted by atomic mass is 19.3. The monoisotopic (exact) mass is 526 g/mol. The average molecular weight is 527 g/mol. The van der Waals surface area contributed by atoms with Crippen molar-refractivity contribution >= 4 is 17.6 Å². The van der Waals surface area contributed by atoms with Crippen molar-refractivity contribution in [1.82, 2.24) is 20.4 Å². The standard InChI is InChI=1S/C26H28F2N6O4/c1-4-36-25(35)31-12-11-30-22-15-17(9-10-29-22)14-20-16(2)13-21(32-20)24-33-23(34-38-24)18-5-7-19(8-6-18)37-26(3,27)28/h5-10,13,15,20H,4,11-12,14H2,1-3H3,(H,29,30)(H,31,35). The molecule has 0 saturated heterocycles. The largest absolute Gasteiger partial charge is 0.450 e. The van der Waals surface area contributed by atoms with Gasteiger partial charge in [-0.3, -0.25) is 4.99 Å². The third-order valence-electron chi connectivity index (χ3n) is 5.47. The van der Waals surface area contributed by atoms with Gasteiger partial charge in [0.05, 0.1) is 12.6 Å². The first-order chi connectivity index (χ1) is 18.2. The normalized spacial score (nSPS) is 15.0. The number of benzene rings is 1. The van der Waals surface area contributed by atoms with E-state index in [1.165, 1.54) is 12.1 Å². The van der Waals surface area contributed by atoms with E-state index in [0.29, 0.717) is 56.0 Å². The number of rotatable bonds is 11. The molecule has 2 N–H and O–H groups in total. The van der Waals surface area contributed by atoms with E-state index in [2.05, 4.69) is 30.5 Å². The van der Waals surface area contributed by atoms with Crippen LogP contribution < -0.4 is 15.4 Å². The van der Waals surface area contributed by atoms with E-state index < -0.39 is 12.2 Å². The lowest BCUT2D eigenvalue weighted by Gasteiger charge is -2.12. The number of carbonyl (C=O) groups excluding carboxylic acids is 1. The lowest BCUT2D eigenvalue weighted by Crippen LogP contribution is -2.29. The molecular formula is C26H28F2N6O4. The molecule has 2 aromatic heterocycles. The fraction of sp³-hybridized carbons (Fsp3) is 0.346. The molecular weight excluding hydrogens is 498 g/mol. The highest BCUT2D eigenvalue weighted by Gasteiger charge is 2.24. The smallest absolute Gasteiger partial charge is 0.407 e. The molecule has 4 rings (SSSR count). The van der Waals surface area contributed by atoms with Crippen LogP contribution in [0.15, 0.2) is 63.8 Å². The molecule has 3 aromatic rings. The number of aromatic nitrogens is 3. The number of pyridine rings is 1. The van der Waals surface area contributed by atoms with Crippen LogP contribution in [0.2, 0.25) is 0 Å². The van der Waals surface area contributed by atoms with E-state index in [9.17, 15) is 13.6 Å². The van der Waals surface area contributed by atoms with Gasteiger partial charge in [0.25, 0.3) is 5.89 Å². The van der Waals surface area contributed by atoms with E-state index in [1.807, 2.05) is 25.1 Å². The van der Waals surface area contributed by atoms with Crippen LogP contribution in [0.25, 0.3) is 11.4 Å². The molecule has 38 heavy (non-hydrogen) atoms. The Hall–Kier alpha value is -4.35. The Morgan fingerprint density at radius 3 is 2.71 bits per heavy atom. The summed E-state index contributed by atoms with van der Waals surface area (Å²) < 4.78 is 40.9.